The molecule has 0 spiro atoms. The maximum absolute atomic E-state index is 12.8. The number of hydrogen-bond acceptors (Lipinski definition) is 4. The summed E-state index contributed by atoms with van der Waals surface area (Å²) in [6, 6.07) is 7.74. The Kier molecular flexibility index (Phi) is 8.11. The molecule has 0 bridgehead atoms. The summed E-state index contributed by atoms with van der Waals surface area (Å²) in [5.41, 5.74) is -0.261. The lowest BCUT2D eigenvalue weighted by atomic mass is 9.66. The van der Waals surface area contributed by atoms with Crippen LogP contribution in [0.1, 0.15) is 52.0 Å². The number of carbonyl (C=O) groups excluding carboxylic acids is 1. The smallest absolute Gasteiger partial charge is 0.252 e. The van der Waals surface area contributed by atoms with Crippen LogP contribution < -0.4 is 10.1 Å². The van der Waals surface area contributed by atoms with Gasteiger partial charge in [-0.3, -0.25) is 4.79 Å². The van der Waals surface area contributed by atoms with Crippen LogP contribution in [0, 0.1) is 17.8 Å². The van der Waals surface area contributed by atoms with Crippen LogP contribution in [-0.2, 0) is 11.2 Å². The van der Waals surface area contributed by atoms with E-state index in [2.05, 4.69) is 26.1 Å². The van der Waals surface area contributed by atoms with Gasteiger partial charge in [0.25, 0.3) is 5.91 Å². The summed E-state index contributed by atoms with van der Waals surface area (Å²) in [7, 11) is 0. The maximum Gasteiger partial charge on any atom is 0.252 e. The van der Waals surface area contributed by atoms with Crippen molar-refractivity contribution < 1.29 is 19.7 Å². The number of aliphatic hydroxyl groups excluding tert-OH is 1. The van der Waals surface area contributed by atoms with E-state index in [1.807, 2.05) is 24.3 Å². The predicted octanol–water partition coefficient (Wildman–Crippen LogP) is 2.93. The van der Waals surface area contributed by atoms with Crippen LogP contribution in [0.15, 0.2) is 24.3 Å². The number of nitrogens with one attached hydrogen (secondary N) is 1. The Labute approximate surface area is 163 Å². The van der Waals surface area contributed by atoms with Crippen molar-refractivity contribution in [3.63, 3.8) is 0 Å². The van der Waals surface area contributed by atoms with Crippen molar-refractivity contribution in [1.29, 1.82) is 0 Å². The fraction of sp³-hybridized carbons (Fsp3) is 0.682. The molecule has 0 aromatic heterocycles. The Morgan fingerprint density at radius 1 is 1.33 bits per heavy atom. The molecule has 3 atom stereocenters. The Bertz CT molecular complexity index is 604. The highest BCUT2D eigenvalue weighted by Gasteiger charge is 2.48. The zero-order chi connectivity index (χ0) is 19.9. The first-order valence-electron chi connectivity index (χ1n) is 10.2. The number of carbonyl (C=O) groups is 1. The standard InChI is InChI=1S/C22H35NO4/c1-16(2)19-10-9-17(3)15-22(19,26)21(25)23-12-11-18-7-4-5-8-20(18)27-14-6-13-24/h4-5,7-8,16-17,19,24,26H,6,9-15H2,1-3H3,(H,23,25). The molecule has 5 nitrogen and oxygen atoms in total. The zero-order valence-corrected chi connectivity index (χ0v) is 16.9. The molecule has 27 heavy (non-hydrogen) atoms. The molecular formula is C22H35NO4. The molecular weight excluding hydrogens is 342 g/mol. The van der Waals surface area contributed by atoms with Gasteiger partial charge >= 0.3 is 0 Å². The molecule has 1 aliphatic carbocycles. The Balaban J connectivity index is 1.95. The van der Waals surface area contributed by atoms with Gasteiger partial charge in [0.2, 0.25) is 0 Å². The van der Waals surface area contributed by atoms with Crippen molar-refractivity contribution >= 4 is 5.91 Å². The highest BCUT2D eigenvalue weighted by Crippen LogP contribution is 2.41. The van der Waals surface area contributed by atoms with Crippen molar-refractivity contribution in [3.8, 4) is 5.75 Å². The van der Waals surface area contributed by atoms with E-state index >= 15 is 0 Å². The van der Waals surface area contributed by atoms with Crippen LogP contribution in [0.2, 0.25) is 0 Å². The monoisotopic (exact) mass is 377 g/mol. The fourth-order valence-electron chi connectivity index (χ4n) is 4.20. The minimum absolute atomic E-state index is 0.00259. The summed E-state index contributed by atoms with van der Waals surface area (Å²) < 4.78 is 5.71. The van der Waals surface area contributed by atoms with Gasteiger partial charge in [-0.1, -0.05) is 45.4 Å². The van der Waals surface area contributed by atoms with Crippen LogP contribution in [-0.4, -0.2) is 41.5 Å². The van der Waals surface area contributed by atoms with Crippen molar-refractivity contribution in [2.45, 2.75) is 58.5 Å². The molecule has 1 fully saturated rings. The molecule has 1 saturated carbocycles. The number of ether oxygens (including phenoxy) is 1. The van der Waals surface area contributed by atoms with E-state index in [-0.39, 0.29) is 24.3 Å². The predicted molar refractivity (Wildman–Crippen MR) is 107 cm³/mol. The average Bonchev–Trinajstić information content (AvgIpc) is 2.62. The highest BCUT2D eigenvalue weighted by atomic mass is 16.5. The number of rotatable bonds is 9. The average molecular weight is 378 g/mol. The van der Waals surface area contributed by atoms with Gasteiger partial charge in [-0.05, 0) is 48.6 Å². The number of para-hydroxylation sites is 1. The van der Waals surface area contributed by atoms with Crippen LogP contribution >= 0.6 is 0 Å². The molecule has 0 saturated heterocycles. The zero-order valence-electron chi connectivity index (χ0n) is 16.9. The van der Waals surface area contributed by atoms with Crippen molar-refractivity contribution in [2.24, 2.45) is 17.8 Å². The molecule has 3 unspecified atom stereocenters. The van der Waals surface area contributed by atoms with E-state index in [1.165, 1.54) is 0 Å². The Hall–Kier alpha value is -1.59. The van der Waals surface area contributed by atoms with Crippen molar-refractivity contribution in [1.82, 2.24) is 5.32 Å². The number of amides is 1. The largest absolute Gasteiger partial charge is 0.493 e. The molecule has 1 aromatic carbocycles. The molecule has 1 aliphatic rings. The third-order valence-electron chi connectivity index (χ3n) is 5.65. The van der Waals surface area contributed by atoms with Crippen LogP contribution in [0.4, 0.5) is 0 Å². The Morgan fingerprint density at radius 2 is 2.07 bits per heavy atom. The molecule has 0 radical (unpaired) electrons. The van der Waals surface area contributed by atoms with Gasteiger partial charge in [-0.2, -0.15) is 0 Å². The summed E-state index contributed by atoms with van der Waals surface area (Å²) in [6.07, 6.45) is 3.72. The quantitative estimate of drug-likeness (QED) is 0.578. The summed E-state index contributed by atoms with van der Waals surface area (Å²) >= 11 is 0. The van der Waals surface area contributed by atoms with Crippen LogP contribution in [0.3, 0.4) is 0 Å². The summed E-state index contributed by atoms with van der Waals surface area (Å²) in [5, 5.41) is 23.0. The van der Waals surface area contributed by atoms with Gasteiger partial charge in [0.1, 0.15) is 11.4 Å². The van der Waals surface area contributed by atoms with E-state index in [0.29, 0.717) is 38.3 Å². The first-order chi connectivity index (χ1) is 12.9. The van der Waals surface area contributed by atoms with Gasteiger partial charge < -0.3 is 20.3 Å². The topological polar surface area (TPSA) is 78.8 Å². The summed E-state index contributed by atoms with van der Waals surface area (Å²) in [4.78, 5) is 12.8. The summed E-state index contributed by atoms with van der Waals surface area (Å²) in [6.45, 7) is 7.30. The van der Waals surface area contributed by atoms with E-state index in [9.17, 15) is 9.90 Å². The van der Waals surface area contributed by atoms with E-state index < -0.39 is 5.60 Å². The minimum Gasteiger partial charge on any atom is -0.493 e. The third-order valence-corrected chi connectivity index (χ3v) is 5.65. The lowest BCUT2D eigenvalue weighted by molar-refractivity contribution is -0.155. The van der Waals surface area contributed by atoms with Crippen LogP contribution in [0.25, 0.3) is 0 Å². The molecule has 1 aromatic rings. The molecule has 0 aliphatic heterocycles. The minimum atomic E-state index is -1.27. The van der Waals surface area contributed by atoms with Gasteiger partial charge in [0.05, 0.1) is 6.61 Å². The fourth-order valence-corrected chi connectivity index (χ4v) is 4.20. The van der Waals surface area contributed by atoms with Gasteiger partial charge in [0.15, 0.2) is 0 Å². The lowest BCUT2D eigenvalue weighted by Crippen LogP contribution is -2.56. The third kappa shape index (κ3) is 5.69. The van der Waals surface area contributed by atoms with Crippen molar-refractivity contribution in [3.05, 3.63) is 29.8 Å². The second-order valence-corrected chi connectivity index (χ2v) is 8.20. The van der Waals surface area contributed by atoms with Gasteiger partial charge in [-0.15, -0.1) is 0 Å². The molecule has 1 amide bonds. The summed E-state index contributed by atoms with van der Waals surface area (Å²) in [5.74, 6) is 1.17. The van der Waals surface area contributed by atoms with Gasteiger partial charge in [-0.25, -0.2) is 0 Å². The highest BCUT2D eigenvalue weighted by molar-refractivity contribution is 5.85. The molecule has 3 N–H and O–H groups in total. The molecule has 2 rings (SSSR count). The number of aliphatic hydroxyl groups is 2. The molecule has 0 heterocycles. The van der Waals surface area contributed by atoms with E-state index in [1.54, 1.807) is 0 Å². The maximum atomic E-state index is 12.8. The van der Waals surface area contributed by atoms with E-state index in [0.717, 1.165) is 24.2 Å². The van der Waals surface area contributed by atoms with Crippen LogP contribution in [0.5, 0.6) is 5.75 Å². The molecule has 152 valence electrons. The van der Waals surface area contributed by atoms with E-state index in [4.69, 9.17) is 9.84 Å². The first-order valence-corrected chi connectivity index (χ1v) is 10.2. The number of benzene rings is 1. The normalized spacial score (nSPS) is 25.4. The van der Waals surface area contributed by atoms with Crippen molar-refractivity contribution in [2.75, 3.05) is 19.8 Å². The second-order valence-electron chi connectivity index (χ2n) is 8.20. The number of hydrogen-bond donors (Lipinski definition) is 3. The second kappa shape index (κ2) is 10.1. The molecule has 5 heteroatoms. The first kappa shape index (κ1) is 21.7. The van der Waals surface area contributed by atoms with Gasteiger partial charge in [0, 0.05) is 19.6 Å². The SMILES string of the molecule is CC1CCC(C(C)C)C(O)(C(=O)NCCc2ccccc2OCCCO)C1. The lowest BCUT2D eigenvalue weighted by Gasteiger charge is -2.43. The Morgan fingerprint density at radius 3 is 2.78 bits per heavy atom.